The number of ether oxygens (including phenoxy) is 2. The molecular formula is C25H23N3O5S. The first-order valence-electron chi connectivity index (χ1n) is 10.4. The molecule has 3 aromatic carbocycles. The van der Waals surface area contributed by atoms with Crippen molar-refractivity contribution >= 4 is 52.0 Å². The minimum absolute atomic E-state index is 0.0697. The summed E-state index contributed by atoms with van der Waals surface area (Å²) >= 11 is 5.02. The third-order valence-corrected chi connectivity index (χ3v) is 4.73. The van der Waals surface area contributed by atoms with Gasteiger partial charge in [0.1, 0.15) is 5.75 Å². The van der Waals surface area contributed by atoms with Gasteiger partial charge in [0, 0.05) is 6.08 Å². The van der Waals surface area contributed by atoms with Crippen LogP contribution in [0.2, 0.25) is 0 Å². The molecule has 0 aliphatic heterocycles. The number of benzene rings is 3. The molecule has 0 heterocycles. The number of hydrogen-bond acceptors (Lipinski definition) is 6. The fourth-order valence-corrected chi connectivity index (χ4v) is 3.11. The van der Waals surface area contributed by atoms with E-state index in [9.17, 15) is 14.4 Å². The van der Waals surface area contributed by atoms with Crippen molar-refractivity contribution < 1.29 is 23.9 Å². The van der Waals surface area contributed by atoms with Gasteiger partial charge in [-0.25, -0.2) is 4.79 Å². The predicted molar refractivity (Wildman–Crippen MR) is 133 cm³/mol. The van der Waals surface area contributed by atoms with Crippen LogP contribution in [-0.4, -0.2) is 36.1 Å². The van der Waals surface area contributed by atoms with Gasteiger partial charge in [-0.3, -0.25) is 25.8 Å². The Morgan fingerprint density at radius 2 is 1.68 bits per heavy atom. The van der Waals surface area contributed by atoms with E-state index in [1.807, 2.05) is 42.5 Å². The number of carbonyl (C=O) groups excluding carboxylic acids is 3. The van der Waals surface area contributed by atoms with Crippen LogP contribution in [0.25, 0.3) is 16.8 Å². The normalized spacial score (nSPS) is 10.5. The topological polar surface area (TPSA) is 106 Å². The third-order valence-electron chi connectivity index (χ3n) is 4.53. The summed E-state index contributed by atoms with van der Waals surface area (Å²) in [5, 5.41) is 4.48. The summed E-state index contributed by atoms with van der Waals surface area (Å²) in [7, 11) is 0. The van der Waals surface area contributed by atoms with Crippen LogP contribution in [0.15, 0.2) is 72.8 Å². The Bertz CT molecular complexity index is 1220. The number of esters is 1. The van der Waals surface area contributed by atoms with Crippen LogP contribution in [-0.2, 0) is 14.3 Å². The summed E-state index contributed by atoms with van der Waals surface area (Å²) < 4.78 is 10.3. The summed E-state index contributed by atoms with van der Waals surface area (Å²) in [6.07, 6.45) is 3.06. The fraction of sp³-hybridized carbons (Fsp3) is 0.120. The Morgan fingerprint density at radius 3 is 2.44 bits per heavy atom. The molecule has 0 unspecified atom stereocenters. The monoisotopic (exact) mass is 477 g/mol. The molecule has 9 heteroatoms. The summed E-state index contributed by atoms with van der Waals surface area (Å²) in [5.41, 5.74) is 6.06. The third kappa shape index (κ3) is 7.14. The molecule has 0 saturated carbocycles. The first-order chi connectivity index (χ1) is 16.5. The number of nitrogens with one attached hydrogen (secondary N) is 3. The number of fused-ring (bicyclic) bond motifs is 1. The molecule has 0 fully saturated rings. The van der Waals surface area contributed by atoms with Crippen molar-refractivity contribution in [1.82, 2.24) is 16.2 Å². The highest BCUT2D eigenvalue weighted by Gasteiger charge is 2.08. The largest absolute Gasteiger partial charge is 0.484 e. The number of hydrogen-bond donors (Lipinski definition) is 3. The highest BCUT2D eigenvalue weighted by Crippen LogP contribution is 2.19. The second kappa shape index (κ2) is 12.1. The van der Waals surface area contributed by atoms with E-state index >= 15 is 0 Å². The molecule has 3 rings (SSSR count). The van der Waals surface area contributed by atoms with Crippen LogP contribution < -0.4 is 20.9 Å². The Balaban J connectivity index is 1.41. The van der Waals surface area contributed by atoms with Crippen LogP contribution in [0.4, 0.5) is 0 Å². The molecule has 3 N–H and O–H groups in total. The van der Waals surface area contributed by atoms with Gasteiger partial charge in [0.05, 0.1) is 12.2 Å². The van der Waals surface area contributed by atoms with Crippen LogP contribution in [0.3, 0.4) is 0 Å². The van der Waals surface area contributed by atoms with E-state index in [2.05, 4.69) is 16.2 Å². The van der Waals surface area contributed by atoms with Gasteiger partial charge >= 0.3 is 5.97 Å². The highest BCUT2D eigenvalue weighted by atomic mass is 32.1. The average Bonchev–Trinajstić information content (AvgIpc) is 2.85. The zero-order chi connectivity index (χ0) is 24.3. The smallest absolute Gasteiger partial charge is 0.338 e. The molecular weight excluding hydrogens is 454 g/mol. The van der Waals surface area contributed by atoms with Crippen molar-refractivity contribution in [3.8, 4) is 5.75 Å². The maximum Gasteiger partial charge on any atom is 0.338 e. The van der Waals surface area contributed by atoms with Crippen molar-refractivity contribution in [1.29, 1.82) is 0 Å². The first-order valence-corrected chi connectivity index (χ1v) is 10.8. The molecule has 0 bridgehead atoms. The molecule has 2 amide bonds. The van der Waals surface area contributed by atoms with Crippen molar-refractivity contribution in [3.05, 3.63) is 83.9 Å². The molecule has 174 valence electrons. The van der Waals surface area contributed by atoms with Gasteiger partial charge in [-0.05, 0) is 65.8 Å². The van der Waals surface area contributed by atoms with Crippen molar-refractivity contribution in [2.24, 2.45) is 0 Å². The van der Waals surface area contributed by atoms with Crippen molar-refractivity contribution in [2.75, 3.05) is 13.2 Å². The van der Waals surface area contributed by atoms with Crippen LogP contribution in [0, 0.1) is 0 Å². The standard InChI is InChI=1S/C25H23N3O5S/c1-2-32-24(31)19-10-13-20(14-11-19)33-16-23(30)27-28-25(34)26-22(29)15-12-18-8-5-7-17-6-3-4-9-21(17)18/h3-15H,2,16H2,1H3,(H,27,30)(H2,26,28,29,34)/b15-12+. The lowest BCUT2D eigenvalue weighted by Crippen LogP contribution is -2.49. The minimum Gasteiger partial charge on any atom is -0.484 e. The van der Waals surface area contributed by atoms with Crippen LogP contribution in [0.5, 0.6) is 5.75 Å². The van der Waals surface area contributed by atoms with Gasteiger partial charge in [-0.2, -0.15) is 0 Å². The second-order valence-electron chi connectivity index (χ2n) is 6.93. The van der Waals surface area contributed by atoms with Gasteiger partial charge in [0.25, 0.3) is 5.91 Å². The molecule has 34 heavy (non-hydrogen) atoms. The van der Waals surface area contributed by atoms with E-state index in [1.54, 1.807) is 37.3 Å². The number of rotatable bonds is 7. The van der Waals surface area contributed by atoms with E-state index in [4.69, 9.17) is 21.7 Å². The molecule has 0 aromatic heterocycles. The Kier molecular flexibility index (Phi) is 8.70. The van der Waals surface area contributed by atoms with E-state index in [-0.39, 0.29) is 18.3 Å². The average molecular weight is 478 g/mol. The number of carbonyl (C=O) groups is 3. The van der Waals surface area contributed by atoms with Gasteiger partial charge in [-0.1, -0.05) is 42.5 Å². The van der Waals surface area contributed by atoms with Crippen LogP contribution >= 0.6 is 12.2 Å². The van der Waals surface area contributed by atoms with Gasteiger partial charge in [0.15, 0.2) is 11.7 Å². The maximum atomic E-state index is 12.1. The van der Waals surface area contributed by atoms with E-state index in [0.29, 0.717) is 11.3 Å². The lowest BCUT2D eigenvalue weighted by Gasteiger charge is -2.11. The molecule has 3 aromatic rings. The van der Waals surface area contributed by atoms with E-state index in [0.717, 1.165) is 16.3 Å². The number of thiocarbonyl (C=S) groups is 1. The molecule has 0 atom stereocenters. The zero-order valence-electron chi connectivity index (χ0n) is 18.4. The summed E-state index contributed by atoms with van der Waals surface area (Å²) in [4.78, 5) is 35.7. The SMILES string of the molecule is CCOC(=O)c1ccc(OCC(=O)NNC(=S)NC(=O)/C=C/c2cccc3ccccc23)cc1. The lowest BCUT2D eigenvalue weighted by molar-refractivity contribution is -0.123. The Hall–Kier alpha value is -4.24. The predicted octanol–water partition coefficient (Wildman–Crippen LogP) is 3.13. The van der Waals surface area contributed by atoms with E-state index in [1.165, 1.54) is 6.08 Å². The quantitative estimate of drug-likeness (QED) is 0.208. The molecule has 0 aliphatic carbocycles. The summed E-state index contributed by atoms with van der Waals surface area (Å²) in [6.45, 7) is 1.71. The highest BCUT2D eigenvalue weighted by molar-refractivity contribution is 7.80. The van der Waals surface area contributed by atoms with Crippen molar-refractivity contribution in [2.45, 2.75) is 6.92 Å². The van der Waals surface area contributed by atoms with Gasteiger partial charge in [0.2, 0.25) is 5.91 Å². The Morgan fingerprint density at radius 1 is 0.941 bits per heavy atom. The lowest BCUT2D eigenvalue weighted by atomic mass is 10.0. The van der Waals surface area contributed by atoms with Gasteiger partial charge < -0.3 is 9.47 Å². The first kappa shape index (κ1) is 24.4. The Labute approximate surface area is 201 Å². The summed E-state index contributed by atoms with van der Waals surface area (Å²) in [6, 6.07) is 19.9. The molecule has 0 spiro atoms. The fourth-order valence-electron chi connectivity index (χ4n) is 2.96. The summed E-state index contributed by atoms with van der Waals surface area (Å²) in [5.74, 6) is -0.994. The number of hydrazine groups is 1. The molecule has 0 radical (unpaired) electrons. The van der Waals surface area contributed by atoms with E-state index < -0.39 is 17.8 Å². The minimum atomic E-state index is -0.516. The zero-order valence-corrected chi connectivity index (χ0v) is 19.2. The molecule has 8 nitrogen and oxygen atoms in total. The molecule has 0 saturated heterocycles. The van der Waals surface area contributed by atoms with Crippen molar-refractivity contribution in [3.63, 3.8) is 0 Å². The second-order valence-corrected chi connectivity index (χ2v) is 7.34. The van der Waals surface area contributed by atoms with Gasteiger partial charge in [-0.15, -0.1) is 0 Å². The maximum absolute atomic E-state index is 12.1. The number of amides is 2. The molecule has 0 aliphatic rings. The van der Waals surface area contributed by atoms with Crippen LogP contribution in [0.1, 0.15) is 22.8 Å².